The van der Waals surface area contributed by atoms with Crippen LogP contribution in [-0.4, -0.2) is 20.8 Å². The number of nitrogens with zero attached hydrogens (tertiary/aromatic N) is 3. The summed E-state index contributed by atoms with van der Waals surface area (Å²) >= 11 is 1.78. The highest BCUT2D eigenvalue weighted by Crippen LogP contribution is 2.21. The Balaban J connectivity index is 1.59. The number of aromatic nitrogens is 3. The zero-order valence-corrected chi connectivity index (χ0v) is 11.6. The molecule has 1 aromatic carbocycles. The fraction of sp³-hybridized carbons (Fsp3) is 0.286. The van der Waals surface area contributed by atoms with Gasteiger partial charge in [-0.3, -0.25) is 4.68 Å². The Labute approximate surface area is 116 Å². The van der Waals surface area contributed by atoms with E-state index in [-0.39, 0.29) is 0 Å². The maximum absolute atomic E-state index is 4.11. The second-order valence-electron chi connectivity index (χ2n) is 4.69. The summed E-state index contributed by atoms with van der Waals surface area (Å²) in [5.74, 6) is 0. The Morgan fingerprint density at radius 2 is 2.32 bits per heavy atom. The number of rotatable bonds is 5. The number of thiophene rings is 1. The van der Waals surface area contributed by atoms with Gasteiger partial charge in [-0.2, -0.15) is 5.10 Å². The van der Waals surface area contributed by atoms with Crippen molar-refractivity contribution in [3.05, 3.63) is 47.9 Å². The van der Waals surface area contributed by atoms with Crippen molar-refractivity contribution in [2.75, 3.05) is 0 Å². The van der Waals surface area contributed by atoms with Crippen LogP contribution >= 0.6 is 11.3 Å². The lowest BCUT2D eigenvalue weighted by Crippen LogP contribution is -2.30. The van der Waals surface area contributed by atoms with Crippen LogP contribution in [0.1, 0.15) is 12.5 Å². The predicted molar refractivity (Wildman–Crippen MR) is 78.1 cm³/mol. The largest absolute Gasteiger partial charge is 0.308 e. The summed E-state index contributed by atoms with van der Waals surface area (Å²) in [4.78, 5) is 3.95. The third-order valence-electron chi connectivity index (χ3n) is 3.10. The lowest BCUT2D eigenvalue weighted by atomic mass is 10.1. The Hall–Kier alpha value is -1.72. The van der Waals surface area contributed by atoms with E-state index >= 15 is 0 Å². The van der Waals surface area contributed by atoms with Gasteiger partial charge < -0.3 is 5.32 Å². The van der Waals surface area contributed by atoms with E-state index in [0.29, 0.717) is 6.04 Å². The van der Waals surface area contributed by atoms with Crippen LogP contribution in [0.3, 0.4) is 0 Å². The lowest BCUT2D eigenvalue weighted by molar-refractivity contribution is 0.450. The van der Waals surface area contributed by atoms with E-state index in [1.54, 1.807) is 24.0 Å². The molecular weight excluding hydrogens is 256 g/mol. The van der Waals surface area contributed by atoms with Crippen LogP contribution in [0, 0.1) is 0 Å². The lowest BCUT2D eigenvalue weighted by Gasteiger charge is -2.13. The Kier molecular flexibility index (Phi) is 3.57. The molecule has 0 fully saturated rings. The normalized spacial score (nSPS) is 12.9. The number of hydrogen-bond acceptors (Lipinski definition) is 4. The second kappa shape index (κ2) is 5.50. The molecule has 0 bridgehead atoms. The first-order chi connectivity index (χ1) is 9.31. The van der Waals surface area contributed by atoms with Gasteiger partial charge in [-0.05, 0) is 41.5 Å². The van der Waals surface area contributed by atoms with Crippen LogP contribution in [0.15, 0.2) is 42.3 Å². The highest BCUT2D eigenvalue weighted by atomic mass is 32.1. The fourth-order valence-electron chi connectivity index (χ4n) is 2.09. The average Bonchev–Trinajstić information content (AvgIpc) is 3.06. The van der Waals surface area contributed by atoms with Crippen molar-refractivity contribution in [1.82, 2.24) is 20.1 Å². The maximum Gasteiger partial charge on any atom is 0.137 e. The van der Waals surface area contributed by atoms with Crippen LogP contribution in [0.2, 0.25) is 0 Å². The van der Waals surface area contributed by atoms with Crippen LogP contribution in [0.5, 0.6) is 0 Å². The third kappa shape index (κ3) is 3.00. The molecule has 0 unspecified atom stereocenters. The maximum atomic E-state index is 4.11. The van der Waals surface area contributed by atoms with Gasteiger partial charge in [0.05, 0.1) is 6.54 Å². The standard InChI is InChI=1S/C14H16N4S/c1-11(8-18-10-15-9-17-18)16-7-12-2-3-14-13(6-12)4-5-19-14/h2-6,9-11,16H,7-8H2,1H3/t11-/m0/s1. The SMILES string of the molecule is C[C@@H](Cn1cncn1)NCc1ccc2sccc2c1. The van der Waals surface area contributed by atoms with E-state index < -0.39 is 0 Å². The Bertz CT molecular complexity index is 644. The molecule has 1 atom stereocenters. The van der Waals surface area contributed by atoms with E-state index in [4.69, 9.17) is 0 Å². The van der Waals surface area contributed by atoms with Gasteiger partial charge in [0.1, 0.15) is 12.7 Å². The van der Waals surface area contributed by atoms with Crippen molar-refractivity contribution in [3.8, 4) is 0 Å². The molecule has 98 valence electrons. The van der Waals surface area contributed by atoms with Crippen molar-refractivity contribution >= 4 is 21.4 Å². The first kappa shape index (κ1) is 12.3. The summed E-state index contributed by atoms with van der Waals surface area (Å²) in [7, 11) is 0. The van der Waals surface area contributed by atoms with E-state index in [1.165, 1.54) is 15.6 Å². The molecule has 3 aromatic rings. The molecule has 0 aliphatic carbocycles. The third-order valence-corrected chi connectivity index (χ3v) is 4.00. The minimum Gasteiger partial charge on any atom is -0.308 e. The van der Waals surface area contributed by atoms with Crippen LogP contribution in [0.25, 0.3) is 10.1 Å². The predicted octanol–water partition coefficient (Wildman–Crippen LogP) is 2.67. The van der Waals surface area contributed by atoms with Gasteiger partial charge in [0.25, 0.3) is 0 Å². The minimum absolute atomic E-state index is 0.361. The second-order valence-corrected chi connectivity index (χ2v) is 5.64. The molecule has 0 aliphatic heterocycles. The quantitative estimate of drug-likeness (QED) is 0.776. The zero-order valence-electron chi connectivity index (χ0n) is 10.8. The average molecular weight is 272 g/mol. The van der Waals surface area contributed by atoms with Gasteiger partial charge in [-0.25, -0.2) is 4.98 Å². The molecular formula is C14H16N4S. The van der Waals surface area contributed by atoms with Crippen molar-refractivity contribution in [3.63, 3.8) is 0 Å². The monoisotopic (exact) mass is 272 g/mol. The van der Waals surface area contributed by atoms with E-state index in [0.717, 1.165) is 13.1 Å². The highest BCUT2D eigenvalue weighted by Gasteiger charge is 2.04. The van der Waals surface area contributed by atoms with Crippen molar-refractivity contribution < 1.29 is 0 Å². The van der Waals surface area contributed by atoms with Gasteiger partial charge in [-0.15, -0.1) is 11.3 Å². The van der Waals surface area contributed by atoms with Gasteiger partial charge >= 0.3 is 0 Å². The Morgan fingerprint density at radius 1 is 1.37 bits per heavy atom. The number of hydrogen-bond donors (Lipinski definition) is 1. The molecule has 0 radical (unpaired) electrons. The molecule has 2 aromatic heterocycles. The first-order valence-electron chi connectivity index (χ1n) is 6.33. The van der Waals surface area contributed by atoms with E-state index in [9.17, 15) is 0 Å². The molecule has 1 N–H and O–H groups in total. The summed E-state index contributed by atoms with van der Waals surface area (Å²) in [6.07, 6.45) is 3.31. The number of nitrogens with one attached hydrogen (secondary N) is 1. The van der Waals surface area contributed by atoms with Crippen molar-refractivity contribution in [2.45, 2.75) is 26.1 Å². The van der Waals surface area contributed by atoms with Crippen LogP contribution < -0.4 is 5.32 Å². The molecule has 5 heteroatoms. The van der Waals surface area contributed by atoms with E-state index in [1.807, 2.05) is 4.68 Å². The molecule has 2 heterocycles. The molecule has 0 amide bonds. The van der Waals surface area contributed by atoms with Crippen molar-refractivity contribution in [1.29, 1.82) is 0 Å². The van der Waals surface area contributed by atoms with E-state index in [2.05, 4.69) is 52.0 Å². The summed E-state index contributed by atoms with van der Waals surface area (Å²) in [6, 6.07) is 9.16. The van der Waals surface area contributed by atoms with Crippen LogP contribution in [-0.2, 0) is 13.1 Å². The minimum atomic E-state index is 0.361. The number of fused-ring (bicyclic) bond motifs is 1. The smallest absolute Gasteiger partial charge is 0.137 e. The summed E-state index contributed by atoms with van der Waals surface area (Å²) in [6.45, 7) is 3.87. The van der Waals surface area contributed by atoms with Gasteiger partial charge in [0.15, 0.2) is 0 Å². The zero-order chi connectivity index (χ0) is 13.1. The van der Waals surface area contributed by atoms with Gasteiger partial charge in [0.2, 0.25) is 0 Å². The van der Waals surface area contributed by atoms with Crippen molar-refractivity contribution in [2.24, 2.45) is 0 Å². The molecule has 0 saturated carbocycles. The number of benzene rings is 1. The summed E-state index contributed by atoms with van der Waals surface area (Å²) < 4.78 is 3.19. The van der Waals surface area contributed by atoms with Gasteiger partial charge in [0, 0.05) is 17.3 Å². The molecule has 3 rings (SSSR count). The fourth-order valence-corrected chi connectivity index (χ4v) is 2.86. The topological polar surface area (TPSA) is 42.7 Å². The molecule has 0 spiro atoms. The van der Waals surface area contributed by atoms with Crippen LogP contribution in [0.4, 0.5) is 0 Å². The molecule has 0 aliphatic rings. The summed E-state index contributed by atoms with van der Waals surface area (Å²) in [5, 5.41) is 11.1. The first-order valence-corrected chi connectivity index (χ1v) is 7.21. The highest BCUT2D eigenvalue weighted by molar-refractivity contribution is 7.17. The molecule has 4 nitrogen and oxygen atoms in total. The Morgan fingerprint density at radius 3 is 3.16 bits per heavy atom. The van der Waals surface area contributed by atoms with Gasteiger partial charge in [-0.1, -0.05) is 6.07 Å². The summed E-state index contributed by atoms with van der Waals surface area (Å²) in [5.41, 5.74) is 1.32. The molecule has 0 saturated heterocycles. The molecule has 19 heavy (non-hydrogen) atoms.